The van der Waals surface area contributed by atoms with Gasteiger partial charge in [-0.15, -0.1) is 0 Å². The van der Waals surface area contributed by atoms with Crippen molar-refractivity contribution in [2.45, 2.75) is 0 Å². The highest BCUT2D eigenvalue weighted by Crippen LogP contribution is 2.10. The normalized spacial score (nSPS) is 11.0. The second kappa shape index (κ2) is 5.40. The summed E-state index contributed by atoms with van der Waals surface area (Å²) >= 11 is 0. The van der Waals surface area contributed by atoms with Crippen LogP contribution in [0, 0.1) is 0 Å². The van der Waals surface area contributed by atoms with Crippen molar-refractivity contribution in [3.8, 4) is 5.69 Å². The summed E-state index contributed by atoms with van der Waals surface area (Å²) in [5.41, 5.74) is 1.83. The Hall–Kier alpha value is -2.88. The first-order valence-electron chi connectivity index (χ1n) is 6.19. The largest absolute Gasteiger partial charge is 0.461 e. The van der Waals surface area contributed by atoms with Gasteiger partial charge in [-0.1, -0.05) is 18.2 Å². The van der Waals surface area contributed by atoms with Crippen LogP contribution in [0.5, 0.6) is 0 Å². The molecule has 0 fully saturated rings. The van der Waals surface area contributed by atoms with Crippen LogP contribution >= 0.6 is 0 Å². The fourth-order valence-electron chi connectivity index (χ4n) is 1.82. The molecule has 0 bridgehead atoms. The average molecular weight is 264 g/mol. The molecule has 98 valence electrons. The molecule has 0 radical (unpaired) electrons. The molecule has 0 unspecified atom stereocenters. The second-order valence-electron chi connectivity index (χ2n) is 4.23. The maximum atomic E-state index is 11.7. The molecule has 4 nitrogen and oxygen atoms in total. The van der Waals surface area contributed by atoms with Gasteiger partial charge in [0.05, 0.1) is 18.1 Å². The van der Waals surface area contributed by atoms with Crippen molar-refractivity contribution in [1.29, 1.82) is 0 Å². The first-order valence-corrected chi connectivity index (χ1v) is 6.19. The number of hydrogen-bond donors (Lipinski definition) is 0. The van der Waals surface area contributed by atoms with Gasteiger partial charge in [-0.3, -0.25) is 4.79 Å². The maximum Gasteiger partial charge on any atom is 0.221 e. The Kier molecular flexibility index (Phi) is 3.29. The van der Waals surface area contributed by atoms with E-state index in [1.165, 1.54) is 12.3 Å². The van der Waals surface area contributed by atoms with Crippen molar-refractivity contribution in [2.75, 3.05) is 0 Å². The van der Waals surface area contributed by atoms with Crippen molar-refractivity contribution in [1.82, 2.24) is 9.78 Å². The molecule has 0 aliphatic carbocycles. The summed E-state index contributed by atoms with van der Waals surface area (Å²) in [5, 5.41) is 4.26. The third kappa shape index (κ3) is 2.59. The minimum atomic E-state index is -0.164. The van der Waals surface area contributed by atoms with Crippen LogP contribution < -0.4 is 0 Å². The number of para-hydroxylation sites is 1. The van der Waals surface area contributed by atoms with Gasteiger partial charge in [0.2, 0.25) is 5.78 Å². The van der Waals surface area contributed by atoms with Crippen LogP contribution in [0.3, 0.4) is 0 Å². The van der Waals surface area contributed by atoms with Crippen molar-refractivity contribution in [3.63, 3.8) is 0 Å². The summed E-state index contributed by atoms with van der Waals surface area (Å²) in [6.45, 7) is 0. The Labute approximate surface area is 116 Å². The maximum absolute atomic E-state index is 11.7. The molecule has 0 spiro atoms. The number of aromatic nitrogens is 2. The number of rotatable bonds is 4. The number of carbonyl (C=O) groups is 1. The van der Waals surface area contributed by atoms with E-state index in [1.54, 1.807) is 29.1 Å². The smallest absolute Gasteiger partial charge is 0.221 e. The molecule has 0 saturated carbocycles. The van der Waals surface area contributed by atoms with Crippen LogP contribution in [-0.2, 0) is 0 Å². The number of furan rings is 1. The highest BCUT2D eigenvalue weighted by molar-refractivity contribution is 6.04. The molecule has 2 aromatic heterocycles. The lowest BCUT2D eigenvalue weighted by molar-refractivity contribution is 0.102. The van der Waals surface area contributed by atoms with Crippen LogP contribution in [-0.4, -0.2) is 15.6 Å². The first kappa shape index (κ1) is 12.2. The molecule has 0 aliphatic heterocycles. The van der Waals surface area contributed by atoms with E-state index in [2.05, 4.69) is 5.10 Å². The number of carbonyl (C=O) groups excluding carboxylic acids is 1. The first-order chi connectivity index (χ1) is 9.83. The summed E-state index contributed by atoms with van der Waals surface area (Å²) in [7, 11) is 0. The number of ketones is 1. The van der Waals surface area contributed by atoms with Gasteiger partial charge in [0, 0.05) is 11.8 Å². The third-order valence-corrected chi connectivity index (χ3v) is 2.81. The molecule has 20 heavy (non-hydrogen) atoms. The van der Waals surface area contributed by atoms with Gasteiger partial charge in [0.25, 0.3) is 0 Å². The number of hydrogen-bond acceptors (Lipinski definition) is 3. The molecule has 3 aromatic rings. The van der Waals surface area contributed by atoms with Crippen LogP contribution in [0.15, 0.2) is 71.6 Å². The topological polar surface area (TPSA) is 48.0 Å². The zero-order valence-corrected chi connectivity index (χ0v) is 10.6. The molecular formula is C16H12N2O2. The molecule has 0 aliphatic rings. The van der Waals surface area contributed by atoms with Crippen molar-refractivity contribution < 1.29 is 9.21 Å². The highest BCUT2D eigenvalue weighted by Gasteiger charge is 2.04. The Balaban J connectivity index is 1.76. The van der Waals surface area contributed by atoms with Crippen LogP contribution in [0.25, 0.3) is 11.8 Å². The van der Waals surface area contributed by atoms with Crippen molar-refractivity contribution in [3.05, 3.63) is 78.5 Å². The minimum absolute atomic E-state index is 0.164. The Morgan fingerprint density at radius 3 is 2.75 bits per heavy atom. The van der Waals surface area contributed by atoms with Crippen molar-refractivity contribution >= 4 is 11.9 Å². The lowest BCUT2D eigenvalue weighted by Gasteiger charge is -1.98. The van der Waals surface area contributed by atoms with Gasteiger partial charge in [0.1, 0.15) is 0 Å². The molecule has 0 N–H and O–H groups in total. The predicted molar refractivity (Wildman–Crippen MR) is 75.6 cm³/mol. The summed E-state index contributed by atoms with van der Waals surface area (Å²) in [6.07, 6.45) is 8.25. The van der Waals surface area contributed by atoms with Crippen molar-refractivity contribution in [2.24, 2.45) is 0 Å². The van der Waals surface area contributed by atoms with Crippen LogP contribution in [0.4, 0.5) is 0 Å². The number of benzene rings is 1. The molecular weight excluding hydrogens is 252 g/mol. The Morgan fingerprint density at radius 2 is 2.00 bits per heavy atom. The molecule has 3 rings (SSSR count). The van der Waals surface area contributed by atoms with Gasteiger partial charge in [-0.25, -0.2) is 4.68 Å². The molecule has 4 heteroatoms. The second-order valence-corrected chi connectivity index (χ2v) is 4.23. The van der Waals surface area contributed by atoms with E-state index in [0.717, 1.165) is 11.3 Å². The Morgan fingerprint density at radius 1 is 1.15 bits per heavy atom. The Bertz CT molecular complexity index is 725. The molecule has 1 aromatic carbocycles. The lowest BCUT2D eigenvalue weighted by Crippen LogP contribution is -1.92. The summed E-state index contributed by atoms with van der Waals surface area (Å²) in [4.78, 5) is 11.7. The fourth-order valence-corrected chi connectivity index (χ4v) is 1.82. The fraction of sp³-hybridized carbons (Fsp3) is 0. The zero-order valence-electron chi connectivity index (χ0n) is 10.6. The van der Waals surface area contributed by atoms with Gasteiger partial charge in [-0.2, -0.15) is 5.10 Å². The highest BCUT2D eigenvalue weighted by atomic mass is 16.3. The summed E-state index contributed by atoms with van der Waals surface area (Å²) in [5.74, 6) is 0.166. The standard InChI is InChI=1S/C16H12N2O2/c19-15(16-7-4-10-20-16)9-8-13-11-17-18(12-13)14-5-2-1-3-6-14/h1-12H. The van der Waals surface area contributed by atoms with E-state index in [-0.39, 0.29) is 5.78 Å². The summed E-state index contributed by atoms with van der Waals surface area (Å²) < 4.78 is 6.80. The van der Waals surface area contributed by atoms with E-state index in [1.807, 2.05) is 36.5 Å². The van der Waals surface area contributed by atoms with Crippen LogP contribution in [0.1, 0.15) is 16.1 Å². The summed E-state index contributed by atoms with van der Waals surface area (Å²) in [6, 6.07) is 13.1. The molecule has 0 atom stereocenters. The minimum Gasteiger partial charge on any atom is -0.461 e. The van der Waals surface area contributed by atoms with E-state index >= 15 is 0 Å². The number of nitrogens with zero attached hydrogens (tertiary/aromatic N) is 2. The monoisotopic (exact) mass is 264 g/mol. The predicted octanol–water partition coefficient (Wildman–Crippen LogP) is 3.36. The van der Waals surface area contributed by atoms with E-state index in [4.69, 9.17) is 4.42 Å². The average Bonchev–Trinajstić information content (AvgIpc) is 3.17. The van der Waals surface area contributed by atoms with Crippen LogP contribution in [0.2, 0.25) is 0 Å². The molecule has 2 heterocycles. The molecule has 0 saturated heterocycles. The van der Waals surface area contributed by atoms with Gasteiger partial charge in [-0.05, 0) is 36.4 Å². The zero-order chi connectivity index (χ0) is 13.8. The quantitative estimate of drug-likeness (QED) is 0.536. The third-order valence-electron chi connectivity index (χ3n) is 2.81. The van der Waals surface area contributed by atoms with E-state index < -0.39 is 0 Å². The SMILES string of the molecule is O=C(C=Cc1cnn(-c2ccccc2)c1)c1ccco1. The molecule has 0 amide bonds. The van der Waals surface area contributed by atoms with Gasteiger partial charge < -0.3 is 4.42 Å². The van der Waals surface area contributed by atoms with Gasteiger partial charge in [0.15, 0.2) is 5.76 Å². The van der Waals surface area contributed by atoms with E-state index in [9.17, 15) is 4.79 Å². The lowest BCUT2D eigenvalue weighted by atomic mass is 10.2. The number of allylic oxidation sites excluding steroid dienone is 1. The van der Waals surface area contributed by atoms with Gasteiger partial charge >= 0.3 is 0 Å². The van der Waals surface area contributed by atoms with E-state index in [0.29, 0.717) is 5.76 Å².